The summed E-state index contributed by atoms with van der Waals surface area (Å²) in [7, 11) is 0. The van der Waals surface area contributed by atoms with Gasteiger partial charge in [0.1, 0.15) is 0 Å². The maximum Gasteiger partial charge on any atom is 0.345 e. The maximum absolute atomic E-state index is 12.3. The van der Waals surface area contributed by atoms with Crippen molar-refractivity contribution in [3.05, 3.63) is 0 Å². The number of carbonyl (C=O) groups is 1. The molecule has 28 heavy (non-hydrogen) atoms. The Balaban J connectivity index is 3.63. The van der Waals surface area contributed by atoms with Crippen molar-refractivity contribution in [1.82, 2.24) is 0 Å². The van der Waals surface area contributed by atoms with Gasteiger partial charge < -0.3 is 0 Å². The minimum absolute atomic E-state index is 0.0289. The summed E-state index contributed by atoms with van der Waals surface area (Å²) in [5.74, 6) is 0.111. The number of unbranched alkanes of at least 4 members (excludes halogenated alkanes) is 14. The molecule has 0 radical (unpaired) electrons. The van der Waals surface area contributed by atoms with Gasteiger partial charge in [0.05, 0.1) is 12.5 Å². The Morgan fingerprint density at radius 1 is 0.643 bits per heavy atom. The van der Waals surface area contributed by atoms with E-state index in [0.717, 1.165) is 25.7 Å². The van der Waals surface area contributed by atoms with Crippen LogP contribution in [0.25, 0.3) is 0 Å². The van der Waals surface area contributed by atoms with Gasteiger partial charge in [-0.25, -0.2) is 4.79 Å². The quantitative estimate of drug-likeness (QED) is 0.111. The van der Waals surface area contributed by atoms with E-state index >= 15 is 0 Å². The van der Waals surface area contributed by atoms with Gasteiger partial charge in [0, 0.05) is 0 Å². The molecule has 0 N–H and O–H groups in total. The first-order chi connectivity index (χ1) is 13.6. The normalized spacial score (nSPS) is 12.5. The standard InChI is InChI=1S/C25H50O3/c1-5-7-9-11-13-14-16-18-20-22-27-28-25(26)24(23(3)4)21-19-17-15-12-10-8-6-2/h23-24H,5-22H2,1-4H3. The second-order valence-corrected chi connectivity index (χ2v) is 8.81. The van der Waals surface area contributed by atoms with Crippen molar-refractivity contribution in [3.63, 3.8) is 0 Å². The second kappa shape index (κ2) is 21.1. The molecule has 3 nitrogen and oxygen atoms in total. The monoisotopic (exact) mass is 398 g/mol. The lowest BCUT2D eigenvalue weighted by molar-refractivity contribution is -0.277. The van der Waals surface area contributed by atoms with Gasteiger partial charge in [-0.2, -0.15) is 4.89 Å². The van der Waals surface area contributed by atoms with Crippen LogP contribution >= 0.6 is 0 Å². The van der Waals surface area contributed by atoms with E-state index in [1.807, 2.05) is 0 Å². The molecule has 0 aromatic rings. The maximum atomic E-state index is 12.3. The largest absolute Gasteiger partial charge is 0.345 e. The zero-order valence-electron chi connectivity index (χ0n) is 19.6. The van der Waals surface area contributed by atoms with Crippen LogP contribution in [-0.4, -0.2) is 12.6 Å². The van der Waals surface area contributed by atoms with Crippen molar-refractivity contribution in [1.29, 1.82) is 0 Å². The molecule has 0 saturated carbocycles. The van der Waals surface area contributed by atoms with E-state index in [1.54, 1.807) is 0 Å². The molecule has 0 bridgehead atoms. The van der Waals surface area contributed by atoms with E-state index < -0.39 is 0 Å². The van der Waals surface area contributed by atoms with Crippen molar-refractivity contribution in [2.75, 3.05) is 6.61 Å². The zero-order chi connectivity index (χ0) is 20.9. The first kappa shape index (κ1) is 27.4. The first-order valence-corrected chi connectivity index (χ1v) is 12.5. The van der Waals surface area contributed by atoms with Gasteiger partial charge in [0.15, 0.2) is 0 Å². The molecular formula is C25H50O3. The minimum atomic E-state index is -0.170. The van der Waals surface area contributed by atoms with Crippen LogP contribution in [0.5, 0.6) is 0 Å². The Bertz CT molecular complexity index is 328. The first-order valence-electron chi connectivity index (χ1n) is 12.5. The topological polar surface area (TPSA) is 35.5 Å². The fraction of sp³-hybridized carbons (Fsp3) is 0.960. The summed E-state index contributed by atoms with van der Waals surface area (Å²) >= 11 is 0. The molecule has 0 aromatic carbocycles. The highest BCUT2D eigenvalue weighted by atomic mass is 17.2. The van der Waals surface area contributed by atoms with Crippen LogP contribution in [0.4, 0.5) is 0 Å². The van der Waals surface area contributed by atoms with Crippen molar-refractivity contribution >= 4 is 5.97 Å². The van der Waals surface area contributed by atoms with Crippen LogP contribution in [0.15, 0.2) is 0 Å². The summed E-state index contributed by atoms with van der Waals surface area (Å²) < 4.78 is 0. The van der Waals surface area contributed by atoms with Crippen molar-refractivity contribution in [2.45, 2.75) is 137 Å². The van der Waals surface area contributed by atoms with Crippen LogP contribution in [0.1, 0.15) is 137 Å². The fourth-order valence-electron chi connectivity index (χ4n) is 3.68. The van der Waals surface area contributed by atoms with E-state index in [4.69, 9.17) is 9.78 Å². The van der Waals surface area contributed by atoms with Gasteiger partial charge in [0.25, 0.3) is 0 Å². The fourth-order valence-corrected chi connectivity index (χ4v) is 3.68. The molecule has 1 atom stereocenters. The van der Waals surface area contributed by atoms with Crippen molar-refractivity contribution in [3.8, 4) is 0 Å². The number of hydrogen-bond donors (Lipinski definition) is 0. The highest BCUT2D eigenvalue weighted by molar-refractivity contribution is 5.72. The van der Waals surface area contributed by atoms with Gasteiger partial charge in [-0.1, -0.05) is 124 Å². The van der Waals surface area contributed by atoms with Gasteiger partial charge in [-0.3, -0.25) is 4.89 Å². The van der Waals surface area contributed by atoms with Crippen molar-refractivity contribution in [2.24, 2.45) is 11.8 Å². The molecule has 168 valence electrons. The van der Waals surface area contributed by atoms with E-state index in [-0.39, 0.29) is 11.9 Å². The number of carbonyl (C=O) groups excluding carboxylic acids is 1. The average Bonchev–Trinajstić information content (AvgIpc) is 2.67. The molecule has 0 amide bonds. The lowest BCUT2D eigenvalue weighted by Crippen LogP contribution is -2.23. The Kier molecular flexibility index (Phi) is 20.7. The van der Waals surface area contributed by atoms with Crippen LogP contribution in [0.2, 0.25) is 0 Å². The molecule has 0 aliphatic rings. The molecule has 0 aliphatic carbocycles. The molecule has 0 aliphatic heterocycles. The molecule has 0 fully saturated rings. The molecular weight excluding hydrogens is 348 g/mol. The molecule has 1 unspecified atom stereocenters. The van der Waals surface area contributed by atoms with Crippen LogP contribution in [-0.2, 0) is 14.6 Å². The average molecular weight is 399 g/mol. The second-order valence-electron chi connectivity index (χ2n) is 8.81. The summed E-state index contributed by atoms with van der Waals surface area (Å²) in [6.07, 6.45) is 21.4. The third-order valence-electron chi connectivity index (χ3n) is 5.70. The minimum Gasteiger partial charge on any atom is -0.298 e. The molecule has 0 spiro atoms. The molecule has 0 rings (SSSR count). The molecule has 0 saturated heterocycles. The molecule has 3 heteroatoms. The summed E-state index contributed by atoms with van der Waals surface area (Å²) in [6.45, 7) is 9.24. The van der Waals surface area contributed by atoms with E-state index in [9.17, 15) is 4.79 Å². The van der Waals surface area contributed by atoms with Gasteiger partial charge >= 0.3 is 5.97 Å². The lowest BCUT2D eigenvalue weighted by atomic mass is 9.90. The zero-order valence-corrected chi connectivity index (χ0v) is 19.6. The van der Waals surface area contributed by atoms with Gasteiger partial charge in [-0.05, 0) is 18.8 Å². The number of hydrogen-bond acceptors (Lipinski definition) is 3. The Morgan fingerprint density at radius 3 is 1.54 bits per heavy atom. The van der Waals surface area contributed by atoms with Crippen LogP contribution in [0, 0.1) is 11.8 Å². The van der Waals surface area contributed by atoms with Crippen LogP contribution < -0.4 is 0 Å². The van der Waals surface area contributed by atoms with E-state index in [1.165, 1.54) is 83.5 Å². The third-order valence-corrected chi connectivity index (χ3v) is 5.70. The van der Waals surface area contributed by atoms with Gasteiger partial charge in [-0.15, -0.1) is 0 Å². The Labute approximate surface area is 176 Å². The molecule has 0 aromatic heterocycles. The summed E-state index contributed by atoms with van der Waals surface area (Å²) in [4.78, 5) is 22.6. The summed E-state index contributed by atoms with van der Waals surface area (Å²) in [5, 5.41) is 0. The smallest absolute Gasteiger partial charge is 0.298 e. The lowest BCUT2D eigenvalue weighted by Gasteiger charge is -2.18. The van der Waals surface area contributed by atoms with E-state index in [0.29, 0.717) is 12.5 Å². The van der Waals surface area contributed by atoms with Gasteiger partial charge in [0.2, 0.25) is 0 Å². The van der Waals surface area contributed by atoms with Crippen LogP contribution in [0.3, 0.4) is 0 Å². The summed E-state index contributed by atoms with van der Waals surface area (Å²) in [6, 6.07) is 0. The van der Waals surface area contributed by atoms with E-state index in [2.05, 4.69) is 27.7 Å². The highest BCUT2D eigenvalue weighted by Gasteiger charge is 2.24. The third kappa shape index (κ3) is 17.5. The number of rotatable bonds is 21. The predicted molar refractivity (Wildman–Crippen MR) is 120 cm³/mol. The highest BCUT2D eigenvalue weighted by Crippen LogP contribution is 2.21. The summed E-state index contributed by atoms with van der Waals surface area (Å²) in [5.41, 5.74) is 0. The SMILES string of the molecule is CCCCCCCCCCCOOC(=O)C(CCCCCCCCC)C(C)C. The Hall–Kier alpha value is -0.570. The predicted octanol–water partition coefficient (Wildman–Crippen LogP) is 8.40. The van der Waals surface area contributed by atoms with Crippen molar-refractivity contribution < 1.29 is 14.6 Å². The Morgan fingerprint density at radius 2 is 1.07 bits per heavy atom. The molecule has 0 heterocycles.